The van der Waals surface area contributed by atoms with Gasteiger partial charge in [0.15, 0.2) is 0 Å². The molecule has 0 fully saturated rings. The highest BCUT2D eigenvalue weighted by Crippen LogP contribution is 2.21. The Morgan fingerprint density at radius 1 is 1.47 bits per heavy atom. The number of rotatable bonds is 6. The van der Waals surface area contributed by atoms with E-state index in [0.29, 0.717) is 12.2 Å². The first kappa shape index (κ1) is 13.3. The molecule has 1 aromatic carbocycles. The van der Waals surface area contributed by atoms with E-state index >= 15 is 0 Å². The van der Waals surface area contributed by atoms with Gasteiger partial charge in [-0.05, 0) is 18.6 Å². The first-order valence-corrected chi connectivity index (χ1v) is 5.41. The molecule has 1 unspecified atom stereocenters. The summed E-state index contributed by atoms with van der Waals surface area (Å²) < 4.78 is 10.1. The Balaban J connectivity index is 2.77. The van der Waals surface area contributed by atoms with Crippen LogP contribution in [-0.2, 0) is 9.53 Å². The molecule has 0 radical (unpaired) electrons. The highest BCUT2D eigenvalue weighted by molar-refractivity contribution is 5.81. The van der Waals surface area contributed by atoms with Crippen LogP contribution in [0.3, 0.4) is 0 Å². The standard InChI is InChI=1S/C13H16O4/c1-3-10-13(15,17-12(14)4-2)16-11-8-6-5-7-9-11/h4-9,15H,2-3,10H2,1H3. The molecule has 0 aliphatic rings. The molecule has 0 heterocycles. The van der Waals surface area contributed by atoms with E-state index in [0.717, 1.165) is 6.08 Å². The summed E-state index contributed by atoms with van der Waals surface area (Å²) in [5.74, 6) is -2.24. The number of ether oxygens (including phenoxy) is 2. The minimum atomic E-state index is -1.94. The van der Waals surface area contributed by atoms with Crippen molar-refractivity contribution in [2.45, 2.75) is 25.7 Å². The predicted molar refractivity (Wildman–Crippen MR) is 63.2 cm³/mol. The number of hydrogen-bond donors (Lipinski definition) is 1. The van der Waals surface area contributed by atoms with E-state index in [9.17, 15) is 9.90 Å². The summed E-state index contributed by atoms with van der Waals surface area (Å²) in [7, 11) is 0. The number of para-hydroxylation sites is 1. The summed E-state index contributed by atoms with van der Waals surface area (Å²) in [6.45, 7) is 5.12. The summed E-state index contributed by atoms with van der Waals surface area (Å²) in [5, 5.41) is 10.1. The number of hydrogen-bond acceptors (Lipinski definition) is 4. The van der Waals surface area contributed by atoms with Crippen molar-refractivity contribution in [1.29, 1.82) is 0 Å². The Labute approximate surface area is 100 Å². The van der Waals surface area contributed by atoms with Crippen molar-refractivity contribution in [3.8, 4) is 5.75 Å². The minimum Gasteiger partial charge on any atom is -0.430 e. The average Bonchev–Trinajstić information content (AvgIpc) is 2.30. The van der Waals surface area contributed by atoms with E-state index in [4.69, 9.17) is 9.47 Å². The average molecular weight is 236 g/mol. The van der Waals surface area contributed by atoms with Crippen molar-refractivity contribution < 1.29 is 19.4 Å². The van der Waals surface area contributed by atoms with E-state index in [1.807, 2.05) is 13.0 Å². The van der Waals surface area contributed by atoms with Crippen molar-refractivity contribution in [2.24, 2.45) is 0 Å². The monoisotopic (exact) mass is 236 g/mol. The van der Waals surface area contributed by atoms with Crippen LogP contribution >= 0.6 is 0 Å². The van der Waals surface area contributed by atoms with Crippen LogP contribution in [0.15, 0.2) is 43.0 Å². The van der Waals surface area contributed by atoms with Crippen molar-refractivity contribution >= 4 is 5.97 Å². The van der Waals surface area contributed by atoms with Gasteiger partial charge in [0.1, 0.15) is 5.75 Å². The normalized spacial score (nSPS) is 13.5. The van der Waals surface area contributed by atoms with Gasteiger partial charge in [0.05, 0.1) is 6.42 Å². The highest BCUT2D eigenvalue weighted by atomic mass is 16.8. The third kappa shape index (κ3) is 4.28. The third-order valence-corrected chi connectivity index (χ3v) is 2.01. The maximum Gasteiger partial charge on any atom is 0.371 e. The molecule has 0 aliphatic heterocycles. The van der Waals surface area contributed by atoms with Gasteiger partial charge in [-0.3, -0.25) is 0 Å². The molecule has 0 saturated carbocycles. The van der Waals surface area contributed by atoms with Crippen LogP contribution < -0.4 is 4.74 Å². The largest absolute Gasteiger partial charge is 0.430 e. The van der Waals surface area contributed by atoms with Crippen molar-refractivity contribution in [2.75, 3.05) is 0 Å². The molecule has 0 aliphatic carbocycles. The first-order chi connectivity index (χ1) is 8.09. The van der Waals surface area contributed by atoms with Gasteiger partial charge in [0.2, 0.25) is 0 Å². The molecule has 0 bridgehead atoms. The fraction of sp³-hybridized carbons (Fsp3) is 0.308. The molecule has 1 rings (SSSR count). The molecule has 4 heteroatoms. The zero-order valence-electron chi connectivity index (χ0n) is 9.76. The van der Waals surface area contributed by atoms with Crippen molar-refractivity contribution in [1.82, 2.24) is 0 Å². The molecule has 0 aromatic heterocycles. The smallest absolute Gasteiger partial charge is 0.371 e. The van der Waals surface area contributed by atoms with E-state index in [1.165, 1.54) is 0 Å². The van der Waals surface area contributed by atoms with Gasteiger partial charge >= 0.3 is 11.9 Å². The molecule has 0 amide bonds. The van der Waals surface area contributed by atoms with Gasteiger partial charge in [-0.15, -0.1) is 0 Å². The Morgan fingerprint density at radius 2 is 2.12 bits per heavy atom. The van der Waals surface area contributed by atoms with Gasteiger partial charge in [-0.2, -0.15) is 0 Å². The molecule has 92 valence electrons. The second kappa shape index (κ2) is 6.06. The summed E-state index contributed by atoms with van der Waals surface area (Å²) in [5.41, 5.74) is 0. The zero-order chi connectivity index (χ0) is 12.7. The van der Waals surface area contributed by atoms with Gasteiger partial charge < -0.3 is 14.6 Å². The minimum absolute atomic E-state index is 0.182. The molecule has 1 atom stereocenters. The van der Waals surface area contributed by atoms with E-state index in [2.05, 4.69) is 6.58 Å². The lowest BCUT2D eigenvalue weighted by molar-refractivity contribution is -0.302. The Kier molecular flexibility index (Phi) is 4.72. The Hall–Kier alpha value is -1.81. The van der Waals surface area contributed by atoms with Crippen molar-refractivity contribution in [3.63, 3.8) is 0 Å². The number of aliphatic hydroxyl groups is 1. The predicted octanol–water partition coefficient (Wildman–Crippen LogP) is 2.24. The van der Waals surface area contributed by atoms with Crippen LogP contribution in [0, 0.1) is 0 Å². The lowest BCUT2D eigenvalue weighted by atomic mass is 10.3. The lowest BCUT2D eigenvalue weighted by Crippen LogP contribution is -2.40. The van der Waals surface area contributed by atoms with E-state index < -0.39 is 11.9 Å². The summed E-state index contributed by atoms with van der Waals surface area (Å²) in [6, 6.07) is 8.68. The van der Waals surface area contributed by atoms with Crippen molar-refractivity contribution in [3.05, 3.63) is 43.0 Å². The third-order valence-electron chi connectivity index (χ3n) is 2.01. The topological polar surface area (TPSA) is 55.8 Å². The number of benzene rings is 1. The fourth-order valence-corrected chi connectivity index (χ4v) is 1.31. The maximum absolute atomic E-state index is 11.1. The van der Waals surface area contributed by atoms with Crippen LogP contribution in [0.5, 0.6) is 5.75 Å². The van der Waals surface area contributed by atoms with Gasteiger partial charge in [-0.1, -0.05) is 31.7 Å². The van der Waals surface area contributed by atoms with Gasteiger partial charge in [-0.25, -0.2) is 4.79 Å². The number of carbonyl (C=O) groups is 1. The number of carbonyl (C=O) groups excluding carboxylic acids is 1. The molecule has 1 N–H and O–H groups in total. The molecule has 0 saturated heterocycles. The Morgan fingerprint density at radius 3 is 2.65 bits per heavy atom. The quantitative estimate of drug-likeness (QED) is 0.467. The summed E-state index contributed by atoms with van der Waals surface area (Å²) in [6.07, 6.45) is 1.77. The van der Waals surface area contributed by atoms with Crippen LogP contribution in [0.2, 0.25) is 0 Å². The number of esters is 1. The second-order valence-corrected chi connectivity index (χ2v) is 3.50. The molecule has 0 spiro atoms. The highest BCUT2D eigenvalue weighted by Gasteiger charge is 2.32. The van der Waals surface area contributed by atoms with Gasteiger partial charge in [0, 0.05) is 6.08 Å². The van der Waals surface area contributed by atoms with Crippen LogP contribution in [-0.4, -0.2) is 17.0 Å². The first-order valence-electron chi connectivity index (χ1n) is 5.41. The van der Waals surface area contributed by atoms with E-state index in [-0.39, 0.29) is 6.42 Å². The van der Waals surface area contributed by atoms with E-state index in [1.54, 1.807) is 24.3 Å². The summed E-state index contributed by atoms with van der Waals surface area (Å²) >= 11 is 0. The van der Waals surface area contributed by atoms with Gasteiger partial charge in [0.25, 0.3) is 0 Å². The zero-order valence-corrected chi connectivity index (χ0v) is 9.76. The molecular weight excluding hydrogens is 220 g/mol. The van der Waals surface area contributed by atoms with Crippen LogP contribution in [0.25, 0.3) is 0 Å². The second-order valence-electron chi connectivity index (χ2n) is 3.50. The molecule has 1 aromatic rings. The lowest BCUT2D eigenvalue weighted by Gasteiger charge is -2.27. The molecular formula is C13H16O4. The summed E-state index contributed by atoms with van der Waals surface area (Å²) in [4.78, 5) is 11.1. The molecule has 4 nitrogen and oxygen atoms in total. The van der Waals surface area contributed by atoms with Crippen LogP contribution in [0.1, 0.15) is 19.8 Å². The maximum atomic E-state index is 11.1. The molecule has 17 heavy (non-hydrogen) atoms. The SMILES string of the molecule is C=CC(=O)OC(O)(CCC)Oc1ccccc1. The fourth-order valence-electron chi connectivity index (χ4n) is 1.31. The van der Waals surface area contributed by atoms with Crippen LogP contribution in [0.4, 0.5) is 0 Å². The Bertz CT molecular complexity index is 374.